The standard InChI is InChI=1S/C13H18N2O3/c1-8(12(16)15-9(2)13(17)18)11(14)10-6-4-3-5-7-10/h3-9,11H,14H2,1-2H3,(H,15,16)(H,17,18). The van der Waals surface area contributed by atoms with Gasteiger partial charge in [-0.15, -0.1) is 0 Å². The Morgan fingerprint density at radius 1 is 1.22 bits per heavy atom. The van der Waals surface area contributed by atoms with Gasteiger partial charge in [-0.05, 0) is 12.5 Å². The molecule has 0 saturated carbocycles. The summed E-state index contributed by atoms with van der Waals surface area (Å²) in [5.74, 6) is -1.92. The highest BCUT2D eigenvalue weighted by Crippen LogP contribution is 2.19. The minimum absolute atomic E-state index is 0.360. The van der Waals surface area contributed by atoms with Crippen LogP contribution in [0.25, 0.3) is 0 Å². The van der Waals surface area contributed by atoms with Gasteiger partial charge in [0.05, 0.1) is 5.92 Å². The van der Waals surface area contributed by atoms with Gasteiger partial charge in [0, 0.05) is 6.04 Å². The fourth-order valence-corrected chi connectivity index (χ4v) is 1.53. The van der Waals surface area contributed by atoms with Crippen molar-refractivity contribution in [2.75, 3.05) is 0 Å². The summed E-state index contributed by atoms with van der Waals surface area (Å²) in [6.45, 7) is 3.10. The van der Waals surface area contributed by atoms with Gasteiger partial charge in [0.1, 0.15) is 6.04 Å². The van der Waals surface area contributed by atoms with Gasteiger partial charge < -0.3 is 16.2 Å². The van der Waals surface area contributed by atoms with Crippen LogP contribution in [-0.4, -0.2) is 23.0 Å². The number of aliphatic carboxylic acids is 1. The van der Waals surface area contributed by atoms with Crippen LogP contribution in [0.5, 0.6) is 0 Å². The molecule has 5 nitrogen and oxygen atoms in total. The molecular weight excluding hydrogens is 232 g/mol. The minimum atomic E-state index is -1.07. The maximum atomic E-state index is 11.8. The molecular formula is C13H18N2O3. The molecule has 0 radical (unpaired) electrons. The summed E-state index contributed by atoms with van der Waals surface area (Å²) in [5.41, 5.74) is 6.83. The van der Waals surface area contributed by atoms with Crippen LogP contribution in [0.2, 0.25) is 0 Å². The van der Waals surface area contributed by atoms with Gasteiger partial charge in [-0.1, -0.05) is 37.3 Å². The molecule has 1 rings (SSSR count). The monoisotopic (exact) mass is 250 g/mol. The van der Waals surface area contributed by atoms with E-state index in [-0.39, 0.29) is 5.91 Å². The van der Waals surface area contributed by atoms with Crippen molar-refractivity contribution in [3.63, 3.8) is 0 Å². The molecule has 4 N–H and O–H groups in total. The van der Waals surface area contributed by atoms with E-state index in [9.17, 15) is 9.59 Å². The molecule has 98 valence electrons. The Hall–Kier alpha value is -1.88. The second-order valence-corrected chi connectivity index (χ2v) is 4.29. The summed E-state index contributed by atoms with van der Waals surface area (Å²) in [6, 6.07) is 7.88. The molecule has 0 bridgehead atoms. The first-order chi connectivity index (χ1) is 8.43. The summed E-state index contributed by atoms with van der Waals surface area (Å²) >= 11 is 0. The molecule has 18 heavy (non-hydrogen) atoms. The van der Waals surface area contributed by atoms with Crippen LogP contribution in [0.1, 0.15) is 25.5 Å². The van der Waals surface area contributed by atoms with Gasteiger partial charge in [-0.25, -0.2) is 0 Å². The normalized spacial score (nSPS) is 15.5. The molecule has 0 aliphatic carbocycles. The zero-order valence-corrected chi connectivity index (χ0v) is 10.5. The van der Waals surface area contributed by atoms with Gasteiger partial charge in [-0.3, -0.25) is 9.59 Å². The van der Waals surface area contributed by atoms with Crippen molar-refractivity contribution in [3.8, 4) is 0 Å². The Labute approximate surface area is 106 Å². The topological polar surface area (TPSA) is 92.4 Å². The highest BCUT2D eigenvalue weighted by atomic mass is 16.4. The zero-order chi connectivity index (χ0) is 13.7. The predicted molar refractivity (Wildman–Crippen MR) is 67.8 cm³/mol. The Kier molecular flexibility index (Phi) is 4.85. The molecule has 0 fully saturated rings. The Morgan fingerprint density at radius 2 is 1.78 bits per heavy atom. The number of nitrogens with one attached hydrogen (secondary N) is 1. The number of carboxylic acid groups (broad SMARTS) is 1. The summed E-state index contributed by atoms with van der Waals surface area (Å²) in [4.78, 5) is 22.5. The van der Waals surface area contributed by atoms with Crippen LogP contribution in [-0.2, 0) is 9.59 Å². The van der Waals surface area contributed by atoms with Crippen molar-refractivity contribution < 1.29 is 14.7 Å². The number of benzene rings is 1. The predicted octanol–water partition coefficient (Wildman–Crippen LogP) is 0.912. The van der Waals surface area contributed by atoms with Crippen molar-refractivity contribution >= 4 is 11.9 Å². The number of carbonyl (C=O) groups excluding carboxylic acids is 1. The lowest BCUT2D eigenvalue weighted by Gasteiger charge is -2.21. The van der Waals surface area contributed by atoms with E-state index in [1.54, 1.807) is 6.92 Å². The maximum Gasteiger partial charge on any atom is 0.325 e. The Bertz CT molecular complexity index is 420. The highest BCUT2D eigenvalue weighted by Gasteiger charge is 2.24. The highest BCUT2D eigenvalue weighted by molar-refractivity contribution is 5.85. The van der Waals surface area contributed by atoms with E-state index < -0.39 is 24.0 Å². The number of hydrogen-bond acceptors (Lipinski definition) is 3. The molecule has 0 aromatic heterocycles. The van der Waals surface area contributed by atoms with Gasteiger partial charge in [0.15, 0.2) is 0 Å². The molecule has 1 amide bonds. The summed E-state index contributed by atoms with van der Waals surface area (Å²) in [6.07, 6.45) is 0. The van der Waals surface area contributed by atoms with Crippen molar-refractivity contribution in [1.82, 2.24) is 5.32 Å². The lowest BCUT2D eigenvalue weighted by molar-refractivity contribution is -0.141. The summed E-state index contributed by atoms with van der Waals surface area (Å²) < 4.78 is 0. The smallest absolute Gasteiger partial charge is 0.325 e. The molecule has 0 saturated heterocycles. The zero-order valence-electron chi connectivity index (χ0n) is 10.5. The van der Waals surface area contributed by atoms with Gasteiger partial charge in [-0.2, -0.15) is 0 Å². The number of nitrogens with two attached hydrogens (primary N) is 1. The fourth-order valence-electron chi connectivity index (χ4n) is 1.53. The van der Waals surface area contributed by atoms with E-state index in [2.05, 4.69) is 5.32 Å². The van der Waals surface area contributed by atoms with Crippen LogP contribution in [0.3, 0.4) is 0 Å². The summed E-state index contributed by atoms with van der Waals surface area (Å²) in [7, 11) is 0. The second-order valence-electron chi connectivity index (χ2n) is 4.29. The number of amides is 1. The third kappa shape index (κ3) is 3.56. The third-order valence-electron chi connectivity index (χ3n) is 2.87. The average molecular weight is 250 g/mol. The van der Waals surface area contributed by atoms with Gasteiger partial charge in [0.2, 0.25) is 5.91 Å². The van der Waals surface area contributed by atoms with E-state index in [1.807, 2.05) is 30.3 Å². The Balaban J connectivity index is 2.67. The first-order valence-electron chi connectivity index (χ1n) is 5.77. The van der Waals surface area contributed by atoms with Crippen molar-refractivity contribution in [2.45, 2.75) is 25.9 Å². The molecule has 1 aromatic rings. The lowest BCUT2D eigenvalue weighted by atomic mass is 9.94. The molecule has 0 heterocycles. The van der Waals surface area contributed by atoms with Crippen molar-refractivity contribution in [1.29, 1.82) is 0 Å². The van der Waals surface area contributed by atoms with Gasteiger partial charge >= 0.3 is 5.97 Å². The van der Waals surface area contributed by atoms with Crippen molar-refractivity contribution in [3.05, 3.63) is 35.9 Å². The molecule has 0 aliphatic rings. The largest absolute Gasteiger partial charge is 0.480 e. The SMILES string of the molecule is CC(NC(=O)C(C)C(N)c1ccccc1)C(=O)O. The first kappa shape index (κ1) is 14.2. The molecule has 5 heteroatoms. The fraction of sp³-hybridized carbons (Fsp3) is 0.385. The van der Waals surface area contributed by atoms with Gasteiger partial charge in [0.25, 0.3) is 0 Å². The first-order valence-corrected chi connectivity index (χ1v) is 5.77. The average Bonchev–Trinajstić information content (AvgIpc) is 2.37. The number of carboxylic acids is 1. The third-order valence-corrected chi connectivity index (χ3v) is 2.87. The maximum absolute atomic E-state index is 11.8. The van der Waals surface area contributed by atoms with Crippen LogP contribution in [0, 0.1) is 5.92 Å². The molecule has 3 atom stereocenters. The number of carbonyl (C=O) groups is 2. The lowest BCUT2D eigenvalue weighted by Crippen LogP contribution is -2.43. The molecule has 1 aromatic carbocycles. The van der Waals surface area contributed by atoms with E-state index in [0.29, 0.717) is 0 Å². The molecule has 3 unspecified atom stereocenters. The van der Waals surface area contributed by atoms with E-state index in [1.165, 1.54) is 6.92 Å². The van der Waals surface area contributed by atoms with E-state index >= 15 is 0 Å². The summed E-state index contributed by atoms with van der Waals surface area (Å²) in [5, 5.41) is 11.1. The van der Waals surface area contributed by atoms with Crippen LogP contribution < -0.4 is 11.1 Å². The van der Waals surface area contributed by atoms with E-state index in [0.717, 1.165) is 5.56 Å². The molecule has 0 aliphatic heterocycles. The quantitative estimate of drug-likeness (QED) is 0.724. The van der Waals surface area contributed by atoms with Crippen LogP contribution in [0.15, 0.2) is 30.3 Å². The van der Waals surface area contributed by atoms with Crippen LogP contribution >= 0.6 is 0 Å². The number of hydrogen-bond donors (Lipinski definition) is 3. The Morgan fingerprint density at radius 3 is 2.28 bits per heavy atom. The molecule has 0 spiro atoms. The van der Waals surface area contributed by atoms with Crippen molar-refractivity contribution in [2.24, 2.45) is 11.7 Å². The minimum Gasteiger partial charge on any atom is -0.480 e. The van der Waals surface area contributed by atoms with E-state index in [4.69, 9.17) is 10.8 Å². The number of rotatable bonds is 5. The second kappa shape index (κ2) is 6.16. The van der Waals surface area contributed by atoms with Crippen LogP contribution in [0.4, 0.5) is 0 Å².